The Balaban J connectivity index is 1.68. The number of anilines is 1. The lowest BCUT2D eigenvalue weighted by Crippen LogP contribution is -2.31. The minimum atomic E-state index is -0.0230. The monoisotopic (exact) mass is 329 g/mol. The molecule has 6 heteroatoms. The second-order valence-electron chi connectivity index (χ2n) is 6.33. The van der Waals surface area contributed by atoms with E-state index in [1.807, 2.05) is 49.9 Å². The van der Waals surface area contributed by atoms with Crippen LogP contribution in [-0.2, 0) is 0 Å². The molecule has 0 saturated carbocycles. The molecule has 1 fully saturated rings. The minimum absolute atomic E-state index is 0.00877. The first kappa shape index (κ1) is 16.4. The van der Waals surface area contributed by atoms with Crippen molar-refractivity contribution in [2.75, 3.05) is 32.1 Å². The molecule has 1 saturated heterocycles. The largest absolute Gasteiger partial charge is 0.485 e. The van der Waals surface area contributed by atoms with Crippen LogP contribution in [0.1, 0.15) is 28.3 Å². The number of aryl methyl sites for hydroxylation is 2. The number of likely N-dealkylation sites (tertiary alicyclic amines) is 1. The molecule has 3 heterocycles. The van der Waals surface area contributed by atoms with Crippen LogP contribution >= 0.6 is 0 Å². The van der Waals surface area contributed by atoms with Gasteiger partial charge in [0.15, 0.2) is 11.6 Å². The second kappa shape index (κ2) is 6.55. The lowest BCUT2D eigenvalue weighted by Gasteiger charge is -2.20. The van der Waals surface area contributed by atoms with Gasteiger partial charge in [0.05, 0.1) is 12.1 Å². The second-order valence-corrected chi connectivity index (χ2v) is 6.33. The SMILES string of the molecule is Cc1cc(C(=O)N2CCC(Oc3cccnc3N(C)C)C2)c(C)o1. The molecule has 0 radical (unpaired) electrons. The molecular weight excluding hydrogens is 306 g/mol. The fourth-order valence-electron chi connectivity index (χ4n) is 3.01. The van der Waals surface area contributed by atoms with Crippen LogP contribution < -0.4 is 9.64 Å². The highest BCUT2D eigenvalue weighted by molar-refractivity contribution is 5.95. The van der Waals surface area contributed by atoms with Gasteiger partial charge in [0.1, 0.15) is 17.6 Å². The molecule has 0 aliphatic carbocycles. The summed E-state index contributed by atoms with van der Waals surface area (Å²) in [5.41, 5.74) is 0.642. The van der Waals surface area contributed by atoms with Crippen molar-refractivity contribution in [1.29, 1.82) is 0 Å². The first-order valence-corrected chi connectivity index (χ1v) is 8.11. The summed E-state index contributed by atoms with van der Waals surface area (Å²) >= 11 is 0. The van der Waals surface area contributed by atoms with Gasteiger partial charge in [-0.3, -0.25) is 4.79 Å². The van der Waals surface area contributed by atoms with Crippen LogP contribution in [0.15, 0.2) is 28.8 Å². The zero-order valence-electron chi connectivity index (χ0n) is 14.6. The van der Waals surface area contributed by atoms with Crippen molar-refractivity contribution >= 4 is 11.7 Å². The standard InChI is InChI=1S/C18H23N3O3/c1-12-10-15(13(2)23-12)18(22)21-9-7-14(11-21)24-16-6-5-8-19-17(16)20(3)4/h5-6,8,10,14H,7,9,11H2,1-4H3. The van der Waals surface area contributed by atoms with Crippen LogP contribution in [0.25, 0.3) is 0 Å². The Hall–Kier alpha value is -2.50. The predicted octanol–water partition coefficient (Wildman–Crippen LogP) is 2.65. The molecule has 2 aromatic rings. The average Bonchev–Trinajstić information content (AvgIpc) is 3.13. The summed E-state index contributed by atoms with van der Waals surface area (Å²) in [4.78, 5) is 20.7. The number of aromatic nitrogens is 1. The lowest BCUT2D eigenvalue weighted by atomic mass is 10.2. The summed E-state index contributed by atoms with van der Waals surface area (Å²) in [6.07, 6.45) is 2.53. The van der Waals surface area contributed by atoms with Crippen LogP contribution in [0.5, 0.6) is 5.75 Å². The van der Waals surface area contributed by atoms with Gasteiger partial charge in [-0.05, 0) is 32.0 Å². The van der Waals surface area contributed by atoms with Crippen molar-refractivity contribution in [2.24, 2.45) is 0 Å². The van der Waals surface area contributed by atoms with Gasteiger partial charge >= 0.3 is 0 Å². The first-order valence-electron chi connectivity index (χ1n) is 8.11. The van der Waals surface area contributed by atoms with Gasteiger partial charge in [-0.15, -0.1) is 0 Å². The Kier molecular flexibility index (Phi) is 4.46. The number of pyridine rings is 1. The third-order valence-electron chi connectivity index (χ3n) is 4.17. The van der Waals surface area contributed by atoms with Crippen LogP contribution in [0, 0.1) is 13.8 Å². The molecule has 0 aromatic carbocycles. The smallest absolute Gasteiger partial charge is 0.257 e. The number of nitrogens with zero attached hydrogens (tertiary/aromatic N) is 3. The molecule has 0 spiro atoms. The van der Waals surface area contributed by atoms with Crippen molar-refractivity contribution < 1.29 is 13.9 Å². The zero-order chi connectivity index (χ0) is 17.3. The van der Waals surface area contributed by atoms with Crippen LogP contribution in [0.2, 0.25) is 0 Å². The average molecular weight is 329 g/mol. The summed E-state index contributed by atoms with van der Waals surface area (Å²) in [5, 5.41) is 0. The Labute approximate surface area is 142 Å². The molecule has 6 nitrogen and oxygen atoms in total. The van der Waals surface area contributed by atoms with Crippen molar-refractivity contribution in [1.82, 2.24) is 9.88 Å². The Morgan fingerprint density at radius 3 is 2.88 bits per heavy atom. The van der Waals surface area contributed by atoms with E-state index in [4.69, 9.17) is 9.15 Å². The van der Waals surface area contributed by atoms with Crippen molar-refractivity contribution in [2.45, 2.75) is 26.4 Å². The number of furan rings is 1. The Morgan fingerprint density at radius 2 is 2.21 bits per heavy atom. The summed E-state index contributed by atoms with van der Waals surface area (Å²) in [6.45, 7) is 4.93. The molecule has 1 atom stereocenters. The fourth-order valence-corrected chi connectivity index (χ4v) is 3.01. The van der Waals surface area contributed by atoms with Crippen LogP contribution in [0.3, 0.4) is 0 Å². The van der Waals surface area contributed by atoms with Gasteiger partial charge < -0.3 is 19.0 Å². The normalized spacial score (nSPS) is 17.2. The number of rotatable bonds is 4. The molecule has 3 rings (SSSR count). The number of carbonyl (C=O) groups is 1. The van der Waals surface area contributed by atoms with E-state index >= 15 is 0 Å². The first-order chi connectivity index (χ1) is 11.5. The highest BCUT2D eigenvalue weighted by Gasteiger charge is 2.30. The van der Waals surface area contributed by atoms with E-state index in [2.05, 4.69) is 4.98 Å². The van der Waals surface area contributed by atoms with E-state index in [1.165, 1.54) is 0 Å². The summed E-state index contributed by atoms with van der Waals surface area (Å²) in [5.74, 6) is 2.98. The van der Waals surface area contributed by atoms with E-state index in [1.54, 1.807) is 12.3 Å². The zero-order valence-corrected chi connectivity index (χ0v) is 14.6. The molecule has 0 N–H and O–H groups in total. The molecule has 1 aliphatic rings. The molecule has 1 amide bonds. The van der Waals surface area contributed by atoms with Gasteiger partial charge in [-0.1, -0.05) is 0 Å². The van der Waals surface area contributed by atoms with Crippen molar-refractivity contribution in [3.8, 4) is 5.75 Å². The molecular formula is C18H23N3O3. The van der Waals surface area contributed by atoms with E-state index in [0.29, 0.717) is 24.4 Å². The minimum Gasteiger partial charge on any atom is -0.485 e. The van der Waals surface area contributed by atoms with Crippen LogP contribution in [-0.4, -0.2) is 49.1 Å². The number of carbonyl (C=O) groups excluding carboxylic acids is 1. The maximum atomic E-state index is 12.6. The highest BCUT2D eigenvalue weighted by Crippen LogP contribution is 2.27. The van der Waals surface area contributed by atoms with Crippen molar-refractivity contribution in [3.63, 3.8) is 0 Å². The van der Waals surface area contributed by atoms with Gasteiger partial charge in [0.2, 0.25) is 0 Å². The number of hydrogen-bond donors (Lipinski definition) is 0. The molecule has 1 aliphatic heterocycles. The highest BCUT2D eigenvalue weighted by atomic mass is 16.5. The summed E-state index contributed by atoms with van der Waals surface area (Å²) in [6, 6.07) is 5.57. The number of amides is 1. The quantitative estimate of drug-likeness (QED) is 0.863. The molecule has 1 unspecified atom stereocenters. The third kappa shape index (κ3) is 3.22. The van der Waals surface area contributed by atoms with Gasteiger partial charge in [0.25, 0.3) is 5.91 Å². The summed E-state index contributed by atoms with van der Waals surface area (Å²) in [7, 11) is 3.87. The van der Waals surface area contributed by atoms with Crippen LogP contribution in [0.4, 0.5) is 5.82 Å². The topological polar surface area (TPSA) is 58.8 Å². The predicted molar refractivity (Wildman–Crippen MR) is 91.7 cm³/mol. The molecule has 128 valence electrons. The van der Waals surface area contributed by atoms with E-state index in [-0.39, 0.29) is 12.0 Å². The molecule has 2 aromatic heterocycles. The lowest BCUT2D eigenvalue weighted by molar-refractivity contribution is 0.0770. The van der Waals surface area contributed by atoms with Crippen molar-refractivity contribution in [3.05, 3.63) is 41.5 Å². The number of hydrogen-bond acceptors (Lipinski definition) is 5. The van der Waals surface area contributed by atoms with Gasteiger partial charge in [-0.2, -0.15) is 0 Å². The van der Waals surface area contributed by atoms with E-state index < -0.39 is 0 Å². The Bertz CT molecular complexity index is 739. The van der Waals surface area contributed by atoms with Gasteiger partial charge in [0, 0.05) is 33.3 Å². The fraction of sp³-hybridized carbons (Fsp3) is 0.444. The molecule has 0 bridgehead atoms. The van der Waals surface area contributed by atoms with E-state index in [9.17, 15) is 4.79 Å². The summed E-state index contributed by atoms with van der Waals surface area (Å²) < 4.78 is 11.6. The maximum absolute atomic E-state index is 12.6. The maximum Gasteiger partial charge on any atom is 0.257 e. The number of ether oxygens (including phenoxy) is 1. The Morgan fingerprint density at radius 1 is 1.42 bits per heavy atom. The third-order valence-corrected chi connectivity index (χ3v) is 4.17. The van der Waals surface area contributed by atoms with Gasteiger partial charge in [-0.25, -0.2) is 4.98 Å². The molecule has 24 heavy (non-hydrogen) atoms. The van der Waals surface area contributed by atoms with E-state index in [0.717, 1.165) is 23.7 Å².